The molecular weight excluding hydrogens is 272 g/mol. The van der Waals surface area contributed by atoms with Crippen LogP contribution in [0.2, 0.25) is 0 Å². The van der Waals surface area contributed by atoms with E-state index >= 15 is 0 Å². The first kappa shape index (κ1) is 16.4. The third kappa shape index (κ3) is 5.03. The SMILES string of the molecule is COCc1noc(CN2CCC(N(C)CCCO)CC2)n1. The molecule has 0 aromatic carbocycles. The number of nitrogens with zero attached hydrogens (tertiary/aromatic N) is 4. The molecule has 2 heterocycles. The first-order valence-electron chi connectivity index (χ1n) is 7.56. The van der Waals surface area contributed by atoms with E-state index in [2.05, 4.69) is 27.0 Å². The van der Waals surface area contributed by atoms with Crippen LogP contribution in [0.3, 0.4) is 0 Å². The lowest BCUT2D eigenvalue weighted by atomic mass is 10.0. The second-order valence-electron chi connectivity index (χ2n) is 5.60. The van der Waals surface area contributed by atoms with E-state index in [0.717, 1.165) is 38.9 Å². The molecule has 7 heteroatoms. The Hall–Kier alpha value is -1.02. The lowest BCUT2D eigenvalue weighted by molar-refractivity contribution is 0.110. The first-order valence-corrected chi connectivity index (χ1v) is 7.56. The summed E-state index contributed by atoms with van der Waals surface area (Å²) in [6.45, 7) is 4.41. The number of piperidine rings is 1. The van der Waals surface area contributed by atoms with Gasteiger partial charge in [-0.05, 0) is 26.3 Å². The van der Waals surface area contributed by atoms with Crippen LogP contribution < -0.4 is 0 Å². The van der Waals surface area contributed by atoms with E-state index in [4.69, 9.17) is 14.4 Å². The lowest BCUT2D eigenvalue weighted by Gasteiger charge is -2.36. The number of ether oxygens (including phenoxy) is 1. The van der Waals surface area contributed by atoms with Gasteiger partial charge in [-0.25, -0.2) is 0 Å². The number of hydrogen-bond acceptors (Lipinski definition) is 7. The van der Waals surface area contributed by atoms with Crippen LogP contribution in [0.1, 0.15) is 31.0 Å². The van der Waals surface area contributed by atoms with Crippen LogP contribution in [0.4, 0.5) is 0 Å². The van der Waals surface area contributed by atoms with Crippen LogP contribution in [-0.2, 0) is 17.9 Å². The fraction of sp³-hybridized carbons (Fsp3) is 0.857. The first-order chi connectivity index (χ1) is 10.2. The number of aliphatic hydroxyl groups excluding tert-OH is 1. The highest BCUT2D eigenvalue weighted by atomic mass is 16.5. The largest absolute Gasteiger partial charge is 0.396 e. The summed E-state index contributed by atoms with van der Waals surface area (Å²) in [7, 11) is 3.76. The van der Waals surface area contributed by atoms with Crippen LogP contribution in [0, 0.1) is 0 Å². The molecule has 1 aliphatic heterocycles. The van der Waals surface area contributed by atoms with Gasteiger partial charge in [-0.2, -0.15) is 4.98 Å². The van der Waals surface area contributed by atoms with Crippen molar-refractivity contribution in [1.82, 2.24) is 19.9 Å². The van der Waals surface area contributed by atoms with Crippen LogP contribution in [0.5, 0.6) is 0 Å². The second kappa shape index (κ2) is 8.43. The van der Waals surface area contributed by atoms with E-state index in [1.54, 1.807) is 7.11 Å². The minimum absolute atomic E-state index is 0.268. The average molecular weight is 298 g/mol. The molecule has 0 spiro atoms. The standard InChI is InChI=1S/C14H26N4O3/c1-17(6-3-9-19)12-4-7-18(8-5-12)10-14-15-13(11-20-2)16-21-14/h12,19H,3-11H2,1-2H3. The third-order valence-electron chi connectivity index (χ3n) is 3.99. The van der Waals surface area contributed by atoms with Crippen molar-refractivity contribution in [2.24, 2.45) is 0 Å². The Bertz CT molecular complexity index is 405. The minimum Gasteiger partial charge on any atom is -0.396 e. The predicted molar refractivity (Wildman–Crippen MR) is 77.6 cm³/mol. The molecule has 1 N–H and O–H groups in total. The summed E-state index contributed by atoms with van der Waals surface area (Å²) in [5, 5.41) is 12.8. The van der Waals surface area contributed by atoms with E-state index in [-0.39, 0.29) is 6.61 Å². The van der Waals surface area contributed by atoms with Gasteiger partial charge < -0.3 is 19.3 Å². The van der Waals surface area contributed by atoms with Gasteiger partial charge in [0.2, 0.25) is 5.89 Å². The zero-order chi connectivity index (χ0) is 15.1. The van der Waals surface area contributed by atoms with Gasteiger partial charge in [0.15, 0.2) is 5.82 Å². The van der Waals surface area contributed by atoms with Gasteiger partial charge in [0.25, 0.3) is 0 Å². The fourth-order valence-electron chi connectivity index (χ4n) is 2.75. The van der Waals surface area contributed by atoms with Crippen LogP contribution in [0.25, 0.3) is 0 Å². The van der Waals surface area contributed by atoms with E-state index in [1.807, 2.05) is 0 Å². The summed E-state index contributed by atoms with van der Waals surface area (Å²) in [6.07, 6.45) is 3.13. The number of likely N-dealkylation sites (tertiary alicyclic amines) is 1. The highest BCUT2D eigenvalue weighted by Gasteiger charge is 2.23. The average Bonchev–Trinajstić information content (AvgIpc) is 2.93. The van der Waals surface area contributed by atoms with E-state index in [0.29, 0.717) is 30.9 Å². The minimum atomic E-state index is 0.268. The van der Waals surface area contributed by atoms with Gasteiger partial charge in [0, 0.05) is 39.4 Å². The molecule has 0 aliphatic carbocycles. The van der Waals surface area contributed by atoms with Crippen molar-refractivity contribution in [3.8, 4) is 0 Å². The Balaban J connectivity index is 1.73. The fourth-order valence-corrected chi connectivity index (χ4v) is 2.75. The molecule has 0 bridgehead atoms. The molecule has 1 aliphatic rings. The van der Waals surface area contributed by atoms with Crippen LogP contribution >= 0.6 is 0 Å². The molecule has 0 radical (unpaired) electrons. The maximum Gasteiger partial charge on any atom is 0.240 e. The molecule has 0 amide bonds. The summed E-state index contributed by atoms with van der Waals surface area (Å²) < 4.78 is 10.2. The molecule has 0 unspecified atom stereocenters. The summed E-state index contributed by atoms with van der Waals surface area (Å²) in [4.78, 5) is 9.01. The van der Waals surface area contributed by atoms with Gasteiger partial charge in [0.05, 0.1) is 6.54 Å². The summed E-state index contributed by atoms with van der Waals surface area (Å²) in [5.74, 6) is 1.26. The quantitative estimate of drug-likeness (QED) is 0.749. The van der Waals surface area contributed by atoms with Gasteiger partial charge >= 0.3 is 0 Å². The molecule has 7 nitrogen and oxygen atoms in total. The van der Waals surface area contributed by atoms with Crippen LogP contribution in [-0.4, -0.2) is 71.5 Å². The van der Waals surface area contributed by atoms with Crippen LogP contribution in [0.15, 0.2) is 4.52 Å². The number of hydrogen-bond donors (Lipinski definition) is 1. The van der Waals surface area contributed by atoms with Crippen molar-refractivity contribution in [1.29, 1.82) is 0 Å². The van der Waals surface area contributed by atoms with Crippen molar-refractivity contribution in [2.45, 2.75) is 38.5 Å². The molecule has 21 heavy (non-hydrogen) atoms. The topological polar surface area (TPSA) is 74.9 Å². The summed E-state index contributed by atoms with van der Waals surface area (Å²) >= 11 is 0. The summed E-state index contributed by atoms with van der Waals surface area (Å²) in [6, 6.07) is 0.611. The Labute approximate surface area is 125 Å². The molecule has 0 atom stereocenters. The zero-order valence-corrected chi connectivity index (χ0v) is 13.0. The van der Waals surface area contributed by atoms with E-state index in [9.17, 15) is 0 Å². The smallest absolute Gasteiger partial charge is 0.240 e. The number of aliphatic hydroxyl groups is 1. The molecule has 2 rings (SSSR count). The van der Waals surface area contributed by atoms with Gasteiger partial charge in [-0.1, -0.05) is 5.16 Å². The third-order valence-corrected chi connectivity index (χ3v) is 3.99. The molecule has 1 aromatic heterocycles. The highest BCUT2D eigenvalue weighted by Crippen LogP contribution is 2.17. The Morgan fingerprint density at radius 3 is 2.86 bits per heavy atom. The maximum atomic E-state index is 8.89. The Morgan fingerprint density at radius 1 is 1.43 bits per heavy atom. The number of rotatable bonds is 8. The molecule has 0 saturated carbocycles. The van der Waals surface area contributed by atoms with Crippen molar-refractivity contribution in [3.63, 3.8) is 0 Å². The van der Waals surface area contributed by atoms with Gasteiger partial charge in [-0.3, -0.25) is 4.90 Å². The molecule has 120 valence electrons. The van der Waals surface area contributed by atoms with Crippen molar-refractivity contribution in [3.05, 3.63) is 11.7 Å². The van der Waals surface area contributed by atoms with Gasteiger partial charge in [-0.15, -0.1) is 0 Å². The van der Waals surface area contributed by atoms with E-state index in [1.165, 1.54) is 0 Å². The Kier molecular flexibility index (Phi) is 6.56. The number of methoxy groups -OCH3 is 1. The molecule has 1 saturated heterocycles. The zero-order valence-electron chi connectivity index (χ0n) is 13.0. The van der Waals surface area contributed by atoms with E-state index < -0.39 is 0 Å². The normalized spacial score (nSPS) is 17.7. The van der Waals surface area contributed by atoms with Crippen molar-refractivity contribution in [2.75, 3.05) is 40.4 Å². The predicted octanol–water partition coefficient (Wildman–Crippen LogP) is 0.495. The van der Waals surface area contributed by atoms with Crippen molar-refractivity contribution < 1.29 is 14.4 Å². The van der Waals surface area contributed by atoms with Crippen molar-refractivity contribution >= 4 is 0 Å². The number of aromatic nitrogens is 2. The molecule has 1 aromatic rings. The monoisotopic (exact) mass is 298 g/mol. The summed E-state index contributed by atoms with van der Waals surface area (Å²) in [5.41, 5.74) is 0. The highest BCUT2D eigenvalue weighted by molar-refractivity contribution is 4.86. The molecular formula is C14H26N4O3. The lowest BCUT2D eigenvalue weighted by Crippen LogP contribution is -2.43. The maximum absolute atomic E-state index is 8.89. The molecule has 1 fully saturated rings. The second-order valence-corrected chi connectivity index (χ2v) is 5.60. The van der Waals surface area contributed by atoms with Gasteiger partial charge in [0.1, 0.15) is 6.61 Å². The Morgan fingerprint density at radius 2 is 2.19 bits per heavy atom.